The number of aromatic nitrogens is 2. The van der Waals surface area contributed by atoms with Gasteiger partial charge in [-0.2, -0.15) is 0 Å². The molecule has 0 fully saturated rings. The first-order valence-corrected chi connectivity index (χ1v) is 9.72. The van der Waals surface area contributed by atoms with E-state index in [2.05, 4.69) is 20.8 Å². The van der Waals surface area contributed by atoms with E-state index in [1.807, 2.05) is 18.2 Å². The van der Waals surface area contributed by atoms with Crippen LogP contribution >= 0.6 is 23.4 Å². The molecule has 7 nitrogen and oxygen atoms in total. The van der Waals surface area contributed by atoms with Gasteiger partial charge >= 0.3 is 6.03 Å². The molecule has 0 bridgehead atoms. The van der Waals surface area contributed by atoms with Crippen LogP contribution in [0.2, 0.25) is 5.02 Å². The number of urea groups is 1. The number of hydrogen-bond donors (Lipinski definition) is 2. The Labute approximate surface area is 170 Å². The highest BCUT2D eigenvalue weighted by Crippen LogP contribution is 2.36. The van der Waals surface area contributed by atoms with Crippen molar-refractivity contribution in [1.82, 2.24) is 20.8 Å². The normalized spacial score (nSPS) is 11.6. The van der Waals surface area contributed by atoms with Crippen molar-refractivity contribution in [3.8, 4) is 11.5 Å². The average molecular weight is 417 g/mol. The van der Waals surface area contributed by atoms with E-state index in [1.54, 1.807) is 43.3 Å². The minimum Gasteiger partial charge on any atom is -0.411 e. The molecular weight excluding hydrogens is 400 g/mol. The summed E-state index contributed by atoms with van der Waals surface area (Å²) < 4.78 is 5.68. The van der Waals surface area contributed by atoms with Crippen molar-refractivity contribution in [2.75, 3.05) is 6.54 Å². The number of thioether (sulfide) groups is 1. The number of hydrogen-bond acceptors (Lipinski definition) is 6. The van der Waals surface area contributed by atoms with E-state index in [9.17, 15) is 9.59 Å². The third-order valence-electron chi connectivity index (χ3n) is 3.63. The number of amides is 3. The second-order valence-electron chi connectivity index (χ2n) is 5.64. The molecule has 1 aromatic heterocycles. The van der Waals surface area contributed by atoms with Crippen molar-refractivity contribution in [2.24, 2.45) is 0 Å². The second-order valence-corrected chi connectivity index (χ2v) is 7.13. The van der Waals surface area contributed by atoms with Gasteiger partial charge in [-0.3, -0.25) is 10.1 Å². The predicted molar refractivity (Wildman–Crippen MR) is 107 cm³/mol. The van der Waals surface area contributed by atoms with Crippen LogP contribution in [0.25, 0.3) is 11.5 Å². The van der Waals surface area contributed by atoms with Crippen molar-refractivity contribution < 1.29 is 14.0 Å². The van der Waals surface area contributed by atoms with Gasteiger partial charge in [-0.1, -0.05) is 41.9 Å². The van der Waals surface area contributed by atoms with Gasteiger partial charge in [-0.15, -0.1) is 10.2 Å². The van der Waals surface area contributed by atoms with Crippen LogP contribution in [-0.2, 0) is 4.79 Å². The number of benzene rings is 2. The number of nitrogens with zero attached hydrogens (tertiary/aromatic N) is 2. The van der Waals surface area contributed by atoms with Crippen LogP contribution in [0.3, 0.4) is 0 Å². The highest BCUT2D eigenvalue weighted by Gasteiger charge is 2.26. The summed E-state index contributed by atoms with van der Waals surface area (Å²) in [6.07, 6.45) is 0. The number of halogens is 1. The molecule has 144 valence electrons. The Balaban J connectivity index is 1.81. The van der Waals surface area contributed by atoms with Crippen LogP contribution in [0, 0.1) is 0 Å². The van der Waals surface area contributed by atoms with Gasteiger partial charge in [0.25, 0.3) is 5.22 Å². The SMILES string of the molecule is CCNC(=O)NC(=O)[C@H](Sc1nnc(-c2ccc(Cl)cc2)o1)c1ccccc1. The Morgan fingerprint density at radius 2 is 1.82 bits per heavy atom. The highest BCUT2D eigenvalue weighted by molar-refractivity contribution is 8.00. The third-order valence-corrected chi connectivity index (χ3v) is 4.97. The summed E-state index contributed by atoms with van der Waals surface area (Å²) in [5, 5.41) is 13.0. The number of carbonyl (C=O) groups is 2. The summed E-state index contributed by atoms with van der Waals surface area (Å²) in [5.74, 6) is -0.163. The van der Waals surface area contributed by atoms with Crippen molar-refractivity contribution in [3.05, 3.63) is 65.2 Å². The summed E-state index contributed by atoms with van der Waals surface area (Å²) >= 11 is 6.96. The quantitative estimate of drug-likeness (QED) is 0.588. The van der Waals surface area contributed by atoms with Crippen LogP contribution in [0.4, 0.5) is 4.79 Å². The largest absolute Gasteiger partial charge is 0.411 e. The Morgan fingerprint density at radius 1 is 1.11 bits per heavy atom. The smallest absolute Gasteiger partial charge is 0.321 e. The molecule has 1 atom stereocenters. The maximum atomic E-state index is 12.7. The zero-order valence-electron chi connectivity index (χ0n) is 14.9. The molecule has 1 heterocycles. The topological polar surface area (TPSA) is 97.1 Å². The van der Waals surface area contributed by atoms with Crippen molar-refractivity contribution in [3.63, 3.8) is 0 Å². The monoisotopic (exact) mass is 416 g/mol. The molecule has 0 radical (unpaired) electrons. The molecule has 9 heteroatoms. The fourth-order valence-corrected chi connectivity index (χ4v) is 3.35. The Kier molecular flexibility index (Phi) is 6.67. The van der Waals surface area contributed by atoms with Gasteiger partial charge in [0, 0.05) is 17.1 Å². The van der Waals surface area contributed by atoms with E-state index < -0.39 is 17.2 Å². The maximum Gasteiger partial charge on any atom is 0.321 e. The number of imide groups is 1. The first kappa shape index (κ1) is 19.9. The molecule has 0 saturated carbocycles. The summed E-state index contributed by atoms with van der Waals surface area (Å²) in [6, 6.07) is 15.5. The number of nitrogens with one attached hydrogen (secondary N) is 2. The number of carbonyl (C=O) groups excluding carboxylic acids is 2. The maximum absolute atomic E-state index is 12.7. The van der Waals surface area contributed by atoms with Crippen LogP contribution < -0.4 is 10.6 Å². The predicted octanol–water partition coefficient (Wildman–Crippen LogP) is 4.07. The first-order chi connectivity index (χ1) is 13.6. The molecule has 0 saturated heterocycles. The van der Waals surface area contributed by atoms with Gasteiger partial charge in [0.05, 0.1) is 0 Å². The van der Waals surface area contributed by atoms with Crippen LogP contribution in [0.5, 0.6) is 0 Å². The van der Waals surface area contributed by atoms with E-state index in [1.165, 1.54) is 0 Å². The van der Waals surface area contributed by atoms with Gasteiger partial charge in [0.1, 0.15) is 5.25 Å². The molecule has 0 aliphatic heterocycles. The molecule has 28 heavy (non-hydrogen) atoms. The van der Waals surface area contributed by atoms with E-state index in [0.717, 1.165) is 11.8 Å². The third kappa shape index (κ3) is 5.11. The van der Waals surface area contributed by atoms with E-state index in [0.29, 0.717) is 28.6 Å². The highest BCUT2D eigenvalue weighted by atomic mass is 35.5. The number of rotatable bonds is 6. The molecule has 0 unspecified atom stereocenters. The summed E-state index contributed by atoms with van der Waals surface area (Å²) in [4.78, 5) is 24.4. The van der Waals surface area contributed by atoms with Gasteiger partial charge in [0.15, 0.2) is 0 Å². The summed E-state index contributed by atoms with van der Waals surface area (Å²) in [5.41, 5.74) is 1.42. The summed E-state index contributed by atoms with van der Waals surface area (Å²) in [6.45, 7) is 2.18. The lowest BCUT2D eigenvalue weighted by atomic mass is 10.1. The van der Waals surface area contributed by atoms with Crippen molar-refractivity contribution in [2.45, 2.75) is 17.4 Å². The van der Waals surface area contributed by atoms with E-state index >= 15 is 0 Å². The molecule has 3 rings (SSSR count). The Bertz CT molecular complexity index is 947. The Hall–Kier alpha value is -2.84. The molecule has 3 amide bonds. The van der Waals surface area contributed by atoms with Gasteiger partial charge in [0.2, 0.25) is 11.8 Å². The molecule has 0 spiro atoms. The zero-order chi connectivity index (χ0) is 19.9. The van der Waals surface area contributed by atoms with Crippen LogP contribution in [0.15, 0.2) is 64.2 Å². The molecule has 2 N–H and O–H groups in total. The van der Waals surface area contributed by atoms with E-state index in [-0.39, 0.29) is 5.22 Å². The molecular formula is C19H17ClN4O3S. The van der Waals surface area contributed by atoms with Gasteiger partial charge in [-0.25, -0.2) is 4.79 Å². The molecule has 0 aliphatic carbocycles. The zero-order valence-corrected chi connectivity index (χ0v) is 16.5. The lowest BCUT2D eigenvalue weighted by Crippen LogP contribution is -2.41. The molecule has 2 aromatic carbocycles. The molecule has 0 aliphatic rings. The molecule has 3 aromatic rings. The minimum atomic E-state index is -0.734. The first-order valence-electron chi connectivity index (χ1n) is 8.46. The van der Waals surface area contributed by atoms with E-state index in [4.69, 9.17) is 16.0 Å². The second kappa shape index (κ2) is 9.38. The summed E-state index contributed by atoms with van der Waals surface area (Å²) in [7, 11) is 0. The fraction of sp³-hybridized carbons (Fsp3) is 0.158. The lowest BCUT2D eigenvalue weighted by Gasteiger charge is -2.14. The average Bonchev–Trinajstić information content (AvgIpc) is 3.16. The van der Waals surface area contributed by atoms with Crippen LogP contribution in [0.1, 0.15) is 17.7 Å². The van der Waals surface area contributed by atoms with Crippen molar-refractivity contribution in [1.29, 1.82) is 0 Å². The van der Waals surface area contributed by atoms with Gasteiger partial charge in [-0.05, 0) is 48.5 Å². The fourth-order valence-electron chi connectivity index (χ4n) is 2.35. The standard InChI is InChI=1S/C19H17ClN4O3S/c1-2-21-18(26)22-16(25)15(12-6-4-3-5-7-12)28-19-24-23-17(27-19)13-8-10-14(20)11-9-13/h3-11,15H,2H2,1H3,(H2,21,22,25,26)/t15-/m1/s1. The minimum absolute atomic E-state index is 0.213. The van der Waals surface area contributed by atoms with Crippen LogP contribution in [-0.4, -0.2) is 28.7 Å². The van der Waals surface area contributed by atoms with Crippen molar-refractivity contribution >= 4 is 35.3 Å². The van der Waals surface area contributed by atoms with Gasteiger partial charge < -0.3 is 9.73 Å². The Morgan fingerprint density at radius 3 is 2.50 bits per heavy atom. The lowest BCUT2D eigenvalue weighted by molar-refractivity contribution is -0.119.